The molecule has 0 unspecified atom stereocenters. The van der Waals surface area contributed by atoms with Crippen LogP contribution in [0, 0.1) is 0 Å². The lowest BCUT2D eigenvalue weighted by molar-refractivity contribution is -0.118. The van der Waals surface area contributed by atoms with Crippen LogP contribution in [0.25, 0.3) is 0 Å². The van der Waals surface area contributed by atoms with Gasteiger partial charge in [-0.2, -0.15) is 0 Å². The van der Waals surface area contributed by atoms with Gasteiger partial charge in [0, 0.05) is 6.54 Å². The van der Waals surface area contributed by atoms with Crippen molar-refractivity contribution in [2.24, 2.45) is 0 Å². The number of hydrogen-bond acceptors (Lipinski definition) is 3. The number of amides is 1. The van der Waals surface area contributed by atoms with E-state index < -0.39 is 5.97 Å². The lowest BCUT2D eigenvalue weighted by Crippen LogP contribution is -2.25. The van der Waals surface area contributed by atoms with Crippen molar-refractivity contribution in [3.8, 4) is 0 Å². The van der Waals surface area contributed by atoms with Gasteiger partial charge in [-0.1, -0.05) is 26.0 Å². The Morgan fingerprint density at radius 2 is 2.11 bits per heavy atom. The summed E-state index contributed by atoms with van der Waals surface area (Å²) >= 11 is 1.58. The van der Waals surface area contributed by atoms with E-state index in [1.807, 2.05) is 13.8 Å². The van der Waals surface area contributed by atoms with E-state index in [1.165, 1.54) is 6.07 Å². The minimum Gasteiger partial charge on any atom is -0.478 e. The van der Waals surface area contributed by atoms with Gasteiger partial charge in [0.05, 0.1) is 11.3 Å². The van der Waals surface area contributed by atoms with E-state index in [4.69, 9.17) is 5.11 Å². The van der Waals surface area contributed by atoms with Crippen LogP contribution in [-0.4, -0.2) is 28.0 Å². The zero-order valence-corrected chi connectivity index (χ0v) is 11.3. The highest BCUT2D eigenvalue weighted by Gasteiger charge is 2.05. The van der Waals surface area contributed by atoms with Crippen molar-refractivity contribution in [1.29, 1.82) is 0 Å². The molecule has 0 bridgehead atoms. The first-order valence-corrected chi connectivity index (χ1v) is 6.74. The van der Waals surface area contributed by atoms with Gasteiger partial charge in [0.15, 0.2) is 0 Å². The molecule has 5 heteroatoms. The maximum atomic E-state index is 11.5. The van der Waals surface area contributed by atoms with Crippen LogP contribution in [0.2, 0.25) is 0 Å². The summed E-state index contributed by atoms with van der Waals surface area (Å²) < 4.78 is 0. The first-order chi connectivity index (χ1) is 8.49. The van der Waals surface area contributed by atoms with Crippen molar-refractivity contribution in [2.45, 2.75) is 25.6 Å². The van der Waals surface area contributed by atoms with Crippen LogP contribution in [0.4, 0.5) is 0 Å². The molecule has 0 aliphatic carbocycles. The van der Waals surface area contributed by atoms with Crippen LogP contribution < -0.4 is 5.32 Å². The third-order valence-electron chi connectivity index (χ3n) is 2.21. The van der Waals surface area contributed by atoms with Gasteiger partial charge in [-0.3, -0.25) is 4.79 Å². The summed E-state index contributed by atoms with van der Waals surface area (Å²) in [5.74, 6) is -0.566. The van der Waals surface area contributed by atoms with Crippen LogP contribution in [-0.2, 0) is 11.3 Å². The second-order valence-electron chi connectivity index (χ2n) is 4.14. The lowest BCUT2D eigenvalue weighted by atomic mass is 10.1. The monoisotopic (exact) mass is 267 g/mol. The number of aromatic carboxylic acids is 1. The Kier molecular flexibility index (Phi) is 5.71. The molecule has 0 heterocycles. The second kappa shape index (κ2) is 7.06. The van der Waals surface area contributed by atoms with E-state index in [9.17, 15) is 9.59 Å². The highest BCUT2D eigenvalue weighted by molar-refractivity contribution is 8.00. The van der Waals surface area contributed by atoms with E-state index in [-0.39, 0.29) is 11.5 Å². The van der Waals surface area contributed by atoms with E-state index in [2.05, 4.69) is 5.32 Å². The molecule has 0 saturated heterocycles. The molecule has 1 rings (SSSR count). The van der Waals surface area contributed by atoms with E-state index in [1.54, 1.807) is 30.0 Å². The van der Waals surface area contributed by atoms with Gasteiger partial charge >= 0.3 is 5.97 Å². The molecule has 0 aliphatic heterocycles. The summed E-state index contributed by atoms with van der Waals surface area (Å²) in [5.41, 5.74) is 1.02. The second-order valence-corrected chi connectivity index (χ2v) is 5.71. The highest BCUT2D eigenvalue weighted by Crippen LogP contribution is 2.08. The van der Waals surface area contributed by atoms with Gasteiger partial charge in [0.1, 0.15) is 0 Å². The quantitative estimate of drug-likeness (QED) is 0.828. The topological polar surface area (TPSA) is 66.4 Å². The van der Waals surface area contributed by atoms with Crippen LogP contribution >= 0.6 is 11.8 Å². The Labute approximate surface area is 111 Å². The Balaban J connectivity index is 2.46. The predicted octanol–water partition coefficient (Wildman–Crippen LogP) is 2.14. The molecule has 0 aromatic heterocycles. The number of carbonyl (C=O) groups excluding carboxylic acids is 1. The molecule has 4 nitrogen and oxygen atoms in total. The average Bonchev–Trinajstić information content (AvgIpc) is 2.34. The van der Waals surface area contributed by atoms with Crippen LogP contribution in [0.15, 0.2) is 24.3 Å². The number of benzene rings is 1. The van der Waals surface area contributed by atoms with Gasteiger partial charge in [0.2, 0.25) is 5.91 Å². The van der Waals surface area contributed by atoms with Gasteiger partial charge in [0.25, 0.3) is 0 Å². The fraction of sp³-hybridized carbons (Fsp3) is 0.385. The largest absolute Gasteiger partial charge is 0.478 e. The summed E-state index contributed by atoms with van der Waals surface area (Å²) in [4.78, 5) is 22.3. The fourth-order valence-electron chi connectivity index (χ4n) is 1.31. The Hall–Kier alpha value is -1.49. The number of carboxylic acids is 1. The van der Waals surface area contributed by atoms with Crippen molar-refractivity contribution in [3.05, 3.63) is 35.4 Å². The smallest absolute Gasteiger partial charge is 0.335 e. The summed E-state index contributed by atoms with van der Waals surface area (Å²) in [6.45, 7) is 4.43. The number of thioether (sulfide) groups is 1. The summed E-state index contributed by atoms with van der Waals surface area (Å²) in [6, 6.07) is 6.57. The number of nitrogens with one attached hydrogen (secondary N) is 1. The first-order valence-electron chi connectivity index (χ1n) is 5.69. The average molecular weight is 267 g/mol. The Morgan fingerprint density at radius 1 is 1.39 bits per heavy atom. The van der Waals surface area contributed by atoms with Crippen molar-refractivity contribution < 1.29 is 14.7 Å². The Morgan fingerprint density at radius 3 is 2.72 bits per heavy atom. The maximum Gasteiger partial charge on any atom is 0.335 e. The molecule has 18 heavy (non-hydrogen) atoms. The highest BCUT2D eigenvalue weighted by atomic mass is 32.2. The van der Waals surface area contributed by atoms with E-state index in [0.29, 0.717) is 17.5 Å². The third-order valence-corrected chi connectivity index (χ3v) is 3.31. The minimum absolute atomic E-state index is 0.0329. The van der Waals surface area contributed by atoms with Gasteiger partial charge in [-0.15, -0.1) is 11.8 Å². The SMILES string of the molecule is CC(C)SCC(=O)NCc1cccc(C(=O)O)c1. The third kappa shape index (κ3) is 5.23. The fourth-order valence-corrected chi connectivity index (χ4v) is 1.90. The lowest BCUT2D eigenvalue weighted by Gasteiger charge is -2.07. The molecule has 2 N–H and O–H groups in total. The molecule has 1 amide bonds. The molecule has 0 radical (unpaired) electrons. The normalized spacial score (nSPS) is 10.4. The summed E-state index contributed by atoms with van der Waals surface area (Å²) in [7, 11) is 0. The van der Waals surface area contributed by atoms with Gasteiger partial charge in [-0.25, -0.2) is 4.79 Å². The maximum absolute atomic E-state index is 11.5. The van der Waals surface area contributed by atoms with Crippen molar-refractivity contribution in [3.63, 3.8) is 0 Å². The molecular weight excluding hydrogens is 250 g/mol. The summed E-state index contributed by atoms with van der Waals surface area (Å²) in [6.07, 6.45) is 0. The zero-order valence-electron chi connectivity index (χ0n) is 10.5. The molecule has 0 spiro atoms. The predicted molar refractivity (Wildman–Crippen MR) is 72.8 cm³/mol. The van der Waals surface area contributed by atoms with E-state index >= 15 is 0 Å². The molecular formula is C13H17NO3S. The van der Waals surface area contributed by atoms with Gasteiger partial charge in [-0.05, 0) is 22.9 Å². The Bertz CT molecular complexity index is 432. The molecule has 98 valence electrons. The number of carbonyl (C=O) groups is 2. The molecule has 0 saturated carbocycles. The van der Waals surface area contributed by atoms with Crippen LogP contribution in [0.5, 0.6) is 0 Å². The molecule has 1 aromatic rings. The zero-order chi connectivity index (χ0) is 13.5. The summed E-state index contributed by atoms with van der Waals surface area (Å²) in [5, 5.41) is 12.0. The molecule has 1 aromatic carbocycles. The number of hydrogen-bond donors (Lipinski definition) is 2. The number of carboxylic acid groups (broad SMARTS) is 1. The van der Waals surface area contributed by atoms with Crippen molar-refractivity contribution >= 4 is 23.6 Å². The minimum atomic E-state index is -0.960. The standard InChI is InChI=1S/C13H17NO3S/c1-9(2)18-8-12(15)14-7-10-4-3-5-11(6-10)13(16)17/h3-6,9H,7-8H2,1-2H3,(H,14,15)(H,16,17). The number of rotatable bonds is 6. The van der Waals surface area contributed by atoms with Gasteiger partial charge < -0.3 is 10.4 Å². The van der Waals surface area contributed by atoms with Crippen LogP contribution in [0.3, 0.4) is 0 Å². The first kappa shape index (κ1) is 14.6. The van der Waals surface area contributed by atoms with Crippen molar-refractivity contribution in [1.82, 2.24) is 5.32 Å². The molecule has 0 aliphatic rings. The van der Waals surface area contributed by atoms with E-state index in [0.717, 1.165) is 5.56 Å². The van der Waals surface area contributed by atoms with Crippen molar-refractivity contribution in [2.75, 3.05) is 5.75 Å². The molecule has 0 atom stereocenters. The van der Waals surface area contributed by atoms with Crippen LogP contribution in [0.1, 0.15) is 29.8 Å². The molecule has 0 fully saturated rings.